The van der Waals surface area contributed by atoms with E-state index in [1.165, 1.54) is 15.9 Å². The van der Waals surface area contributed by atoms with Gasteiger partial charge in [-0.1, -0.05) is 18.2 Å². The van der Waals surface area contributed by atoms with E-state index in [-0.39, 0.29) is 16.5 Å². The summed E-state index contributed by atoms with van der Waals surface area (Å²) in [5.41, 5.74) is 0.254. The standard InChI is InChI=1S/C18H16N2O3S/c1-20-16(10-12-5-7-13(23-2)8-6-12)17(21)19-15(18(20)22)11-14-4-3-9-24-14/h3-11H,1-2H3,(H,19,21)/b15-11-,16-10-. The fraction of sp³-hybridized carbons (Fsp3) is 0.111. The Hall–Kier alpha value is -2.86. The van der Waals surface area contributed by atoms with E-state index in [0.717, 1.165) is 16.2 Å². The number of nitrogens with one attached hydrogen (secondary N) is 1. The largest absolute Gasteiger partial charge is 0.497 e. The van der Waals surface area contributed by atoms with Crippen molar-refractivity contribution in [1.29, 1.82) is 0 Å². The third-order valence-corrected chi connectivity index (χ3v) is 4.45. The number of H-pyrrole nitrogens is 1. The van der Waals surface area contributed by atoms with Crippen molar-refractivity contribution in [3.05, 3.63) is 83.6 Å². The molecular weight excluding hydrogens is 324 g/mol. The lowest BCUT2D eigenvalue weighted by Crippen LogP contribution is -2.52. The highest BCUT2D eigenvalue weighted by atomic mass is 32.1. The Morgan fingerprint density at radius 2 is 1.88 bits per heavy atom. The lowest BCUT2D eigenvalue weighted by Gasteiger charge is -2.01. The molecule has 5 nitrogen and oxygen atoms in total. The highest BCUT2D eigenvalue weighted by Gasteiger charge is 2.02. The first-order valence-electron chi connectivity index (χ1n) is 7.29. The molecular formula is C18H16N2O3S. The van der Waals surface area contributed by atoms with Gasteiger partial charge >= 0.3 is 0 Å². The molecule has 0 bridgehead atoms. The van der Waals surface area contributed by atoms with Crippen LogP contribution < -0.4 is 26.6 Å². The third kappa shape index (κ3) is 3.23. The van der Waals surface area contributed by atoms with Crippen LogP contribution in [0.5, 0.6) is 5.75 Å². The lowest BCUT2D eigenvalue weighted by atomic mass is 10.2. The highest BCUT2D eigenvalue weighted by molar-refractivity contribution is 7.10. The second-order valence-corrected chi connectivity index (χ2v) is 6.17. The zero-order valence-electron chi connectivity index (χ0n) is 13.3. The maximum absolute atomic E-state index is 12.5. The number of nitrogens with zero attached hydrogens (tertiary/aromatic N) is 1. The molecule has 3 rings (SSSR count). The van der Waals surface area contributed by atoms with Crippen LogP contribution in [0.1, 0.15) is 10.4 Å². The van der Waals surface area contributed by atoms with Crippen molar-refractivity contribution in [3.63, 3.8) is 0 Å². The third-order valence-electron chi connectivity index (χ3n) is 3.63. The lowest BCUT2D eigenvalue weighted by molar-refractivity contribution is 0.415. The topological polar surface area (TPSA) is 64.1 Å². The average Bonchev–Trinajstić information content (AvgIpc) is 3.10. The number of aromatic amines is 1. The molecule has 122 valence electrons. The van der Waals surface area contributed by atoms with Crippen LogP contribution in [-0.4, -0.2) is 16.7 Å². The summed E-state index contributed by atoms with van der Waals surface area (Å²) in [4.78, 5) is 28.5. The minimum atomic E-state index is -0.310. The minimum Gasteiger partial charge on any atom is -0.497 e. The van der Waals surface area contributed by atoms with Crippen molar-refractivity contribution in [3.8, 4) is 5.75 Å². The maximum Gasteiger partial charge on any atom is 0.274 e. The Kier molecular flexibility index (Phi) is 4.48. The number of hydrogen-bond acceptors (Lipinski definition) is 4. The van der Waals surface area contributed by atoms with Crippen LogP contribution >= 0.6 is 11.3 Å². The Morgan fingerprint density at radius 3 is 2.50 bits per heavy atom. The normalized spacial score (nSPS) is 12.6. The van der Waals surface area contributed by atoms with Crippen molar-refractivity contribution in [2.24, 2.45) is 7.05 Å². The SMILES string of the molecule is COc1ccc(/C=c2/c(=O)[nH]/c(=C\c3cccs3)c(=O)n2C)cc1. The number of aromatic nitrogens is 2. The van der Waals surface area contributed by atoms with Gasteiger partial charge in [-0.15, -0.1) is 11.3 Å². The molecule has 0 aliphatic rings. The molecule has 1 N–H and O–H groups in total. The predicted octanol–water partition coefficient (Wildman–Crippen LogP) is 0.801. The van der Waals surface area contributed by atoms with Crippen molar-refractivity contribution in [2.75, 3.05) is 7.11 Å². The van der Waals surface area contributed by atoms with Gasteiger partial charge in [-0.05, 0) is 41.3 Å². The first kappa shape index (κ1) is 16.0. The van der Waals surface area contributed by atoms with E-state index >= 15 is 0 Å². The molecule has 6 heteroatoms. The van der Waals surface area contributed by atoms with Gasteiger partial charge in [0.05, 0.1) is 7.11 Å². The van der Waals surface area contributed by atoms with Crippen LogP contribution in [0.3, 0.4) is 0 Å². The summed E-state index contributed by atoms with van der Waals surface area (Å²) in [7, 11) is 3.19. The fourth-order valence-electron chi connectivity index (χ4n) is 2.32. The summed E-state index contributed by atoms with van der Waals surface area (Å²) < 4.78 is 6.48. The summed E-state index contributed by atoms with van der Waals surface area (Å²) in [6.45, 7) is 0. The van der Waals surface area contributed by atoms with Gasteiger partial charge in [0.15, 0.2) is 0 Å². The van der Waals surface area contributed by atoms with Crippen molar-refractivity contribution in [1.82, 2.24) is 9.55 Å². The molecule has 0 spiro atoms. The van der Waals surface area contributed by atoms with Crippen LogP contribution in [0.25, 0.3) is 12.2 Å². The van der Waals surface area contributed by atoms with E-state index in [4.69, 9.17) is 4.74 Å². The van der Waals surface area contributed by atoms with E-state index in [0.29, 0.717) is 5.35 Å². The molecule has 0 atom stereocenters. The number of hydrogen-bond donors (Lipinski definition) is 1. The monoisotopic (exact) mass is 340 g/mol. The molecule has 3 aromatic rings. The van der Waals surface area contributed by atoms with Gasteiger partial charge in [0.1, 0.15) is 16.4 Å². The Labute approximate surface area is 141 Å². The van der Waals surface area contributed by atoms with Gasteiger partial charge in [-0.2, -0.15) is 0 Å². The van der Waals surface area contributed by atoms with Crippen LogP contribution in [0.15, 0.2) is 51.4 Å². The van der Waals surface area contributed by atoms with E-state index in [1.807, 2.05) is 29.6 Å². The number of methoxy groups -OCH3 is 1. The fourth-order valence-corrected chi connectivity index (χ4v) is 2.97. The maximum atomic E-state index is 12.5. The van der Waals surface area contributed by atoms with E-state index in [9.17, 15) is 9.59 Å². The highest BCUT2D eigenvalue weighted by Crippen LogP contribution is 2.11. The van der Waals surface area contributed by atoms with Crippen LogP contribution in [0.4, 0.5) is 0 Å². The van der Waals surface area contributed by atoms with E-state index in [1.54, 1.807) is 38.4 Å². The Bertz CT molecular complexity index is 1080. The molecule has 24 heavy (non-hydrogen) atoms. The van der Waals surface area contributed by atoms with Gasteiger partial charge in [0.25, 0.3) is 11.1 Å². The molecule has 0 saturated heterocycles. The number of ether oxygens (including phenoxy) is 1. The van der Waals surface area contributed by atoms with Crippen LogP contribution in [-0.2, 0) is 7.05 Å². The molecule has 0 amide bonds. The molecule has 0 unspecified atom stereocenters. The molecule has 0 saturated carbocycles. The van der Waals surface area contributed by atoms with E-state index < -0.39 is 0 Å². The predicted molar refractivity (Wildman–Crippen MR) is 96.0 cm³/mol. The summed E-state index contributed by atoms with van der Waals surface area (Å²) in [5, 5.41) is 2.49. The second kappa shape index (κ2) is 6.72. The molecule has 0 aliphatic heterocycles. The van der Waals surface area contributed by atoms with Crippen molar-refractivity contribution >= 4 is 23.5 Å². The first-order chi connectivity index (χ1) is 11.6. The summed E-state index contributed by atoms with van der Waals surface area (Å²) in [6.07, 6.45) is 3.36. The van der Waals surface area contributed by atoms with Crippen molar-refractivity contribution < 1.29 is 4.74 Å². The average molecular weight is 340 g/mol. The molecule has 2 heterocycles. The number of thiophene rings is 1. The Morgan fingerprint density at radius 1 is 1.12 bits per heavy atom. The zero-order valence-corrected chi connectivity index (χ0v) is 14.1. The van der Waals surface area contributed by atoms with Gasteiger partial charge < -0.3 is 14.3 Å². The van der Waals surface area contributed by atoms with Crippen molar-refractivity contribution in [2.45, 2.75) is 0 Å². The molecule has 0 fully saturated rings. The first-order valence-corrected chi connectivity index (χ1v) is 8.17. The quantitative estimate of drug-likeness (QED) is 0.767. The van der Waals surface area contributed by atoms with Gasteiger partial charge in [0, 0.05) is 11.9 Å². The Balaban J connectivity index is 2.17. The number of rotatable bonds is 3. The summed E-state index contributed by atoms with van der Waals surface area (Å²) >= 11 is 1.50. The van der Waals surface area contributed by atoms with E-state index in [2.05, 4.69) is 4.98 Å². The molecule has 0 radical (unpaired) electrons. The minimum absolute atomic E-state index is 0.247. The summed E-state index contributed by atoms with van der Waals surface area (Å²) in [5.74, 6) is 0.732. The zero-order chi connectivity index (χ0) is 17.1. The molecule has 1 aromatic carbocycles. The van der Waals surface area contributed by atoms with Gasteiger partial charge in [-0.25, -0.2) is 0 Å². The van der Waals surface area contributed by atoms with Gasteiger partial charge in [-0.3, -0.25) is 9.59 Å². The van der Waals surface area contributed by atoms with Crippen LogP contribution in [0.2, 0.25) is 0 Å². The second-order valence-electron chi connectivity index (χ2n) is 5.19. The van der Waals surface area contributed by atoms with Gasteiger partial charge in [0.2, 0.25) is 0 Å². The molecule has 2 aromatic heterocycles. The molecule has 0 aliphatic carbocycles. The summed E-state index contributed by atoms with van der Waals surface area (Å²) in [6, 6.07) is 11.0. The smallest absolute Gasteiger partial charge is 0.274 e. The number of benzene rings is 1. The van der Waals surface area contributed by atoms with Crippen LogP contribution in [0, 0.1) is 0 Å².